The zero-order valence-electron chi connectivity index (χ0n) is 17.1. The van der Waals surface area contributed by atoms with Gasteiger partial charge in [-0.2, -0.15) is 0 Å². The number of anilines is 2. The summed E-state index contributed by atoms with van der Waals surface area (Å²) in [5.41, 5.74) is 3.31. The molecule has 4 aromatic rings. The molecular weight excluding hydrogens is 406 g/mol. The van der Waals surface area contributed by atoms with Gasteiger partial charge in [-0.15, -0.1) is 11.8 Å². The molecule has 31 heavy (non-hydrogen) atoms. The van der Waals surface area contributed by atoms with Gasteiger partial charge in [0.25, 0.3) is 5.91 Å². The maximum atomic E-state index is 12.6. The Kier molecular flexibility index (Phi) is 5.58. The molecule has 1 N–H and O–H groups in total. The molecule has 5 rings (SSSR count). The number of imidazole rings is 1. The van der Waals surface area contributed by atoms with E-state index in [-0.39, 0.29) is 5.91 Å². The Morgan fingerprint density at radius 1 is 1.03 bits per heavy atom. The van der Waals surface area contributed by atoms with Crippen LogP contribution >= 0.6 is 11.8 Å². The number of thioether (sulfide) groups is 1. The Labute approximate surface area is 185 Å². The highest BCUT2D eigenvalue weighted by Crippen LogP contribution is 2.24. The summed E-state index contributed by atoms with van der Waals surface area (Å²) in [6.45, 7) is 2.11. The van der Waals surface area contributed by atoms with Crippen LogP contribution in [0, 0.1) is 0 Å². The molecule has 0 unspecified atom stereocenters. The van der Waals surface area contributed by atoms with Crippen LogP contribution in [0.25, 0.3) is 5.65 Å². The molecule has 4 heterocycles. The average molecular weight is 430 g/mol. The molecule has 0 radical (unpaired) electrons. The number of aromatic nitrogens is 3. The number of carbonyl (C=O) groups is 1. The van der Waals surface area contributed by atoms with Crippen molar-refractivity contribution < 1.29 is 4.79 Å². The molecule has 1 fully saturated rings. The molecule has 1 aromatic carbocycles. The third-order valence-corrected chi connectivity index (χ3v) is 6.40. The second-order valence-electron chi connectivity index (χ2n) is 7.56. The fourth-order valence-electron chi connectivity index (χ4n) is 3.71. The molecule has 1 amide bonds. The molecule has 1 aliphatic rings. The van der Waals surface area contributed by atoms with Gasteiger partial charge in [-0.25, -0.2) is 9.97 Å². The van der Waals surface area contributed by atoms with Gasteiger partial charge < -0.3 is 14.6 Å². The minimum absolute atomic E-state index is 0.132. The zero-order valence-corrected chi connectivity index (χ0v) is 17.9. The number of amides is 1. The van der Waals surface area contributed by atoms with Crippen LogP contribution in [0.2, 0.25) is 0 Å². The number of rotatable bonds is 6. The largest absolute Gasteiger partial charge is 0.357 e. The summed E-state index contributed by atoms with van der Waals surface area (Å²) in [6.07, 6.45) is 8.21. The first-order valence-electron chi connectivity index (χ1n) is 10.4. The summed E-state index contributed by atoms with van der Waals surface area (Å²) in [4.78, 5) is 25.1. The maximum Gasteiger partial charge on any atom is 0.255 e. The summed E-state index contributed by atoms with van der Waals surface area (Å²) < 4.78 is 2.02. The predicted octanol–water partition coefficient (Wildman–Crippen LogP) is 4.87. The first kappa shape index (κ1) is 19.6. The number of hydrogen-bond donors (Lipinski definition) is 1. The number of fused-ring (bicyclic) bond motifs is 1. The average Bonchev–Trinajstić information content (AvgIpc) is 3.48. The van der Waals surface area contributed by atoms with Crippen molar-refractivity contribution in [3.63, 3.8) is 0 Å². The van der Waals surface area contributed by atoms with E-state index in [4.69, 9.17) is 0 Å². The van der Waals surface area contributed by atoms with Crippen molar-refractivity contribution in [3.05, 3.63) is 84.4 Å². The van der Waals surface area contributed by atoms with Crippen LogP contribution in [0.15, 0.2) is 78.1 Å². The number of pyridine rings is 2. The van der Waals surface area contributed by atoms with Gasteiger partial charge in [0.15, 0.2) is 0 Å². The van der Waals surface area contributed by atoms with Crippen molar-refractivity contribution in [2.24, 2.45) is 0 Å². The lowest BCUT2D eigenvalue weighted by Crippen LogP contribution is -2.19. The quantitative estimate of drug-likeness (QED) is 0.443. The lowest BCUT2D eigenvalue weighted by molar-refractivity contribution is 0.102. The predicted molar refractivity (Wildman–Crippen MR) is 125 cm³/mol. The molecule has 1 aliphatic heterocycles. The fourth-order valence-corrected chi connectivity index (χ4v) is 4.50. The zero-order chi connectivity index (χ0) is 21.0. The Morgan fingerprint density at radius 2 is 1.87 bits per heavy atom. The van der Waals surface area contributed by atoms with Gasteiger partial charge in [-0.3, -0.25) is 4.79 Å². The highest BCUT2D eigenvalue weighted by molar-refractivity contribution is 7.98. The van der Waals surface area contributed by atoms with E-state index in [0.29, 0.717) is 11.3 Å². The number of benzene rings is 1. The number of carbonyl (C=O) groups excluding carboxylic acids is 1. The lowest BCUT2D eigenvalue weighted by atomic mass is 10.2. The molecule has 0 saturated carbocycles. The summed E-state index contributed by atoms with van der Waals surface area (Å²) in [5.74, 6) is 1.62. The minimum atomic E-state index is -0.132. The topological polar surface area (TPSA) is 62.5 Å². The third kappa shape index (κ3) is 4.56. The molecule has 7 heteroatoms. The van der Waals surface area contributed by atoms with Crippen molar-refractivity contribution in [3.8, 4) is 0 Å². The van der Waals surface area contributed by atoms with E-state index in [1.807, 2.05) is 71.4 Å². The van der Waals surface area contributed by atoms with E-state index in [9.17, 15) is 4.79 Å². The van der Waals surface area contributed by atoms with Crippen LogP contribution in [0.4, 0.5) is 11.5 Å². The molecule has 6 nitrogen and oxygen atoms in total. The van der Waals surface area contributed by atoms with E-state index < -0.39 is 0 Å². The van der Waals surface area contributed by atoms with Gasteiger partial charge in [-0.05, 0) is 61.4 Å². The van der Waals surface area contributed by atoms with Crippen molar-refractivity contribution in [1.82, 2.24) is 14.4 Å². The van der Waals surface area contributed by atoms with E-state index >= 15 is 0 Å². The summed E-state index contributed by atoms with van der Waals surface area (Å²) in [7, 11) is 0. The molecule has 1 saturated heterocycles. The summed E-state index contributed by atoms with van der Waals surface area (Å²) in [5, 5.41) is 2.93. The van der Waals surface area contributed by atoms with Crippen LogP contribution in [0.3, 0.4) is 0 Å². The Morgan fingerprint density at radius 3 is 2.61 bits per heavy atom. The summed E-state index contributed by atoms with van der Waals surface area (Å²) >= 11 is 1.70. The van der Waals surface area contributed by atoms with Crippen LogP contribution in [0.5, 0.6) is 0 Å². The minimum Gasteiger partial charge on any atom is -0.357 e. The first-order chi connectivity index (χ1) is 15.2. The molecule has 156 valence electrons. The Balaban J connectivity index is 1.17. The van der Waals surface area contributed by atoms with Gasteiger partial charge >= 0.3 is 0 Å². The Hall–Kier alpha value is -3.32. The van der Waals surface area contributed by atoms with Crippen LogP contribution in [0.1, 0.15) is 28.9 Å². The normalized spacial score (nSPS) is 13.6. The molecule has 0 bridgehead atoms. The maximum absolute atomic E-state index is 12.6. The van der Waals surface area contributed by atoms with E-state index in [1.54, 1.807) is 18.0 Å². The second kappa shape index (κ2) is 8.81. The number of nitrogens with zero attached hydrogens (tertiary/aromatic N) is 4. The van der Waals surface area contributed by atoms with Crippen molar-refractivity contribution >= 4 is 34.8 Å². The highest BCUT2D eigenvalue weighted by atomic mass is 32.2. The Bertz CT molecular complexity index is 1150. The second-order valence-corrected chi connectivity index (χ2v) is 8.61. The number of hydrogen-bond acceptors (Lipinski definition) is 5. The van der Waals surface area contributed by atoms with E-state index in [0.717, 1.165) is 40.9 Å². The van der Waals surface area contributed by atoms with Gasteiger partial charge in [0, 0.05) is 41.7 Å². The van der Waals surface area contributed by atoms with Crippen LogP contribution in [-0.4, -0.2) is 33.4 Å². The standard InChI is InChI=1S/C24H23N5OS/c30-24(27-19-8-11-22(25-15-19)28-12-3-4-13-28)18-6-9-21(10-7-18)31-17-20-16-29-14-2-1-5-23(29)26-20/h1-2,5-11,14-16H,3-4,12-13,17H2,(H,27,30). The summed E-state index contributed by atoms with van der Waals surface area (Å²) in [6, 6.07) is 17.5. The SMILES string of the molecule is O=C(Nc1ccc(N2CCCC2)nc1)c1ccc(SCc2cn3ccccc3n2)cc1. The van der Waals surface area contributed by atoms with Gasteiger partial charge in [0.1, 0.15) is 11.5 Å². The molecule has 0 spiro atoms. The van der Waals surface area contributed by atoms with Gasteiger partial charge in [-0.1, -0.05) is 6.07 Å². The molecule has 3 aromatic heterocycles. The molecule has 0 aliphatic carbocycles. The number of nitrogens with one attached hydrogen (secondary N) is 1. The van der Waals surface area contributed by atoms with E-state index in [2.05, 4.69) is 20.2 Å². The third-order valence-electron chi connectivity index (χ3n) is 5.35. The van der Waals surface area contributed by atoms with Crippen LogP contribution < -0.4 is 10.2 Å². The van der Waals surface area contributed by atoms with Crippen molar-refractivity contribution in [2.75, 3.05) is 23.3 Å². The molecule has 0 atom stereocenters. The molecular formula is C24H23N5OS. The van der Waals surface area contributed by atoms with Crippen molar-refractivity contribution in [2.45, 2.75) is 23.5 Å². The first-order valence-corrected chi connectivity index (χ1v) is 11.4. The van der Waals surface area contributed by atoms with Gasteiger partial charge in [0.05, 0.1) is 17.6 Å². The lowest BCUT2D eigenvalue weighted by Gasteiger charge is -2.16. The fraction of sp³-hybridized carbons (Fsp3) is 0.208. The monoisotopic (exact) mass is 429 g/mol. The van der Waals surface area contributed by atoms with Crippen LogP contribution in [-0.2, 0) is 5.75 Å². The van der Waals surface area contributed by atoms with Crippen molar-refractivity contribution in [1.29, 1.82) is 0 Å². The van der Waals surface area contributed by atoms with E-state index in [1.165, 1.54) is 12.8 Å². The smallest absolute Gasteiger partial charge is 0.255 e. The van der Waals surface area contributed by atoms with Gasteiger partial charge in [0.2, 0.25) is 0 Å². The highest BCUT2D eigenvalue weighted by Gasteiger charge is 2.13.